The molecule has 1 aliphatic rings. The summed E-state index contributed by atoms with van der Waals surface area (Å²) in [6.45, 7) is 1.88. The highest BCUT2D eigenvalue weighted by Gasteiger charge is 2.26. The van der Waals surface area contributed by atoms with Crippen molar-refractivity contribution in [2.45, 2.75) is 30.7 Å². The number of amides is 1. The summed E-state index contributed by atoms with van der Waals surface area (Å²) in [6, 6.07) is 11.3. The van der Waals surface area contributed by atoms with Gasteiger partial charge in [0.2, 0.25) is 0 Å². The van der Waals surface area contributed by atoms with Crippen LogP contribution in [-0.4, -0.2) is 20.4 Å². The second kappa shape index (κ2) is 6.45. The van der Waals surface area contributed by atoms with Gasteiger partial charge in [-0.3, -0.25) is 9.52 Å². The van der Waals surface area contributed by atoms with Crippen LogP contribution >= 0.6 is 11.6 Å². The van der Waals surface area contributed by atoms with E-state index in [2.05, 4.69) is 10.0 Å². The quantitative estimate of drug-likeness (QED) is 0.854. The molecular weight excluding hydrogens is 348 g/mol. The molecule has 7 heteroatoms. The zero-order valence-corrected chi connectivity index (χ0v) is 14.6. The van der Waals surface area contributed by atoms with Crippen LogP contribution in [0.5, 0.6) is 0 Å². The summed E-state index contributed by atoms with van der Waals surface area (Å²) >= 11 is 6.05. The number of hydrogen-bond donors (Lipinski definition) is 2. The van der Waals surface area contributed by atoms with Crippen LogP contribution in [-0.2, 0) is 10.0 Å². The highest BCUT2D eigenvalue weighted by Crippen LogP contribution is 2.25. The van der Waals surface area contributed by atoms with Crippen LogP contribution < -0.4 is 10.0 Å². The second-order valence-corrected chi connectivity index (χ2v) is 7.95. The molecule has 5 nitrogen and oxygen atoms in total. The fraction of sp³-hybridized carbons (Fsp3) is 0.235. The van der Waals surface area contributed by atoms with Crippen molar-refractivity contribution in [3.05, 3.63) is 58.6 Å². The minimum absolute atomic E-state index is 0.00523. The normalized spacial score (nSPS) is 14.2. The fourth-order valence-corrected chi connectivity index (χ4v) is 3.54. The maximum Gasteiger partial charge on any atom is 0.261 e. The van der Waals surface area contributed by atoms with Crippen molar-refractivity contribution in [1.82, 2.24) is 5.32 Å². The lowest BCUT2D eigenvalue weighted by atomic mass is 10.2. The molecule has 3 rings (SSSR count). The first kappa shape index (κ1) is 16.8. The molecule has 0 unspecified atom stereocenters. The van der Waals surface area contributed by atoms with E-state index in [4.69, 9.17) is 11.6 Å². The average molecular weight is 365 g/mol. The molecule has 0 bridgehead atoms. The van der Waals surface area contributed by atoms with Crippen molar-refractivity contribution in [2.75, 3.05) is 4.72 Å². The van der Waals surface area contributed by atoms with Gasteiger partial charge in [0.05, 0.1) is 15.5 Å². The molecule has 0 saturated heterocycles. The van der Waals surface area contributed by atoms with E-state index in [1.807, 2.05) is 13.0 Å². The smallest absolute Gasteiger partial charge is 0.261 e. The van der Waals surface area contributed by atoms with Crippen LogP contribution in [0, 0.1) is 6.92 Å². The van der Waals surface area contributed by atoms with Crippen molar-refractivity contribution >= 4 is 33.2 Å². The number of aryl methyl sites for hydroxylation is 1. The lowest BCUT2D eigenvalue weighted by molar-refractivity contribution is 0.0951. The van der Waals surface area contributed by atoms with Crippen LogP contribution in [0.4, 0.5) is 5.69 Å². The number of rotatable bonds is 5. The molecule has 0 atom stereocenters. The Labute approximate surface area is 146 Å². The highest BCUT2D eigenvalue weighted by molar-refractivity contribution is 7.92. The summed E-state index contributed by atoms with van der Waals surface area (Å²) in [5.74, 6) is -0.352. The Morgan fingerprint density at radius 2 is 1.92 bits per heavy atom. The van der Waals surface area contributed by atoms with Gasteiger partial charge in [-0.05, 0) is 55.7 Å². The van der Waals surface area contributed by atoms with Crippen LogP contribution in [0.3, 0.4) is 0 Å². The Morgan fingerprint density at radius 1 is 1.17 bits per heavy atom. The summed E-state index contributed by atoms with van der Waals surface area (Å²) in [7, 11) is -3.80. The molecule has 0 spiro atoms. The molecule has 0 radical (unpaired) electrons. The predicted octanol–water partition coefficient (Wildman–Crippen LogP) is 3.34. The van der Waals surface area contributed by atoms with Gasteiger partial charge in [-0.15, -0.1) is 0 Å². The molecule has 126 valence electrons. The maximum absolute atomic E-state index is 12.5. The predicted molar refractivity (Wildman–Crippen MR) is 93.9 cm³/mol. The van der Waals surface area contributed by atoms with Gasteiger partial charge >= 0.3 is 0 Å². The van der Waals surface area contributed by atoms with Gasteiger partial charge in [-0.2, -0.15) is 0 Å². The molecular formula is C17H17ClN2O3S. The summed E-state index contributed by atoms with van der Waals surface area (Å²) < 4.78 is 27.6. The standard InChI is InChI=1S/C17H17ClN2O3S/c1-11-3-2-4-13(9-11)20-24(22,23)14-7-8-16(18)15(10-14)17(21)19-12-5-6-12/h2-4,7-10,12,20H,5-6H2,1H3,(H,19,21). The lowest BCUT2D eigenvalue weighted by Crippen LogP contribution is -2.26. The minimum Gasteiger partial charge on any atom is -0.349 e. The van der Waals surface area contributed by atoms with Gasteiger partial charge < -0.3 is 5.32 Å². The minimum atomic E-state index is -3.80. The Kier molecular flexibility index (Phi) is 4.51. The Morgan fingerprint density at radius 3 is 2.58 bits per heavy atom. The summed E-state index contributed by atoms with van der Waals surface area (Å²) in [4.78, 5) is 12.2. The third-order valence-electron chi connectivity index (χ3n) is 3.68. The number of anilines is 1. The van der Waals surface area contributed by atoms with E-state index >= 15 is 0 Å². The van der Waals surface area contributed by atoms with Crippen LogP contribution in [0.2, 0.25) is 5.02 Å². The van der Waals surface area contributed by atoms with E-state index in [0.717, 1.165) is 18.4 Å². The lowest BCUT2D eigenvalue weighted by Gasteiger charge is -2.11. The van der Waals surface area contributed by atoms with Crippen molar-refractivity contribution in [1.29, 1.82) is 0 Å². The Hall–Kier alpha value is -2.05. The molecule has 2 aromatic rings. The highest BCUT2D eigenvalue weighted by atomic mass is 35.5. The molecule has 1 aliphatic carbocycles. The number of halogens is 1. The molecule has 1 fully saturated rings. The number of nitrogens with one attached hydrogen (secondary N) is 2. The Bertz CT molecular complexity index is 892. The first-order chi connectivity index (χ1) is 11.3. The fourth-order valence-electron chi connectivity index (χ4n) is 2.26. The van der Waals surface area contributed by atoms with Gasteiger partial charge in [0.15, 0.2) is 0 Å². The second-order valence-electron chi connectivity index (χ2n) is 5.86. The molecule has 2 N–H and O–H groups in total. The van der Waals surface area contributed by atoms with Crippen molar-refractivity contribution in [3.8, 4) is 0 Å². The summed E-state index contributed by atoms with van der Waals surface area (Å²) in [5.41, 5.74) is 1.57. The van der Waals surface area contributed by atoms with E-state index in [9.17, 15) is 13.2 Å². The van der Waals surface area contributed by atoms with E-state index < -0.39 is 10.0 Å². The first-order valence-electron chi connectivity index (χ1n) is 7.55. The topological polar surface area (TPSA) is 75.3 Å². The number of carbonyl (C=O) groups is 1. The van der Waals surface area contributed by atoms with Gasteiger partial charge in [-0.1, -0.05) is 23.7 Å². The van der Waals surface area contributed by atoms with Crippen molar-refractivity contribution in [3.63, 3.8) is 0 Å². The van der Waals surface area contributed by atoms with Gasteiger partial charge in [0, 0.05) is 11.7 Å². The zero-order chi connectivity index (χ0) is 17.3. The van der Waals surface area contributed by atoms with Crippen LogP contribution in [0.15, 0.2) is 47.4 Å². The summed E-state index contributed by atoms with van der Waals surface area (Å²) in [6.07, 6.45) is 1.88. The maximum atomic E-state index is 12.5. The monoisotopic (exact) mass is 364 g/mol. The van der Waals surface area contributed by atoms with E-state index in [0.29, 0.717) is 5.69 Å². The molecule has 0 aliphatic heterocycles. The first-order valence-corrected chi connectivity index (χ1v) is 9.41. The third-order valence-corrected chi connectivity index (χ3v) is 5.38. The van der Waals surface area contributed by atoms with Gasteiger partial charge in [0.1, 0.15) is 0 Å². The molecule has 0 aromatic heterocycles. The van der Waals surface area contributed by atoms with E-state index in [1.54, 1.807) is 18.2 Å². The number of carbonyl (C=O) groups excluding carboxylic acids is 1. The molecule has 0 heterocycles. The average Bonchev–Trinajstić information content (AvgIpc) is 3.30. The van der Waals surface area contributed by atoms with E-state index in [-0.39, 0.29) is 27.4 Å². The zero-order valence-electron chi connectivity index (χ0n) is 13.0. The Balaban J connectivity index is 1.88. The van der Waals surface area contributed by atoms with Gasteiger partial charge in [0.25, 0.3) is 15.9 Å². The number of benzene rings is 2. The van der Waals surface area contributed by atoms with Gasteiger partial charge in [-0.25, -0.2) is 8.42 Å². The summed E-state index contributed by atoms with van der Waals surface area (Å²) in [5, 5.41) is 3.03. The number of sulfonamides is 1. The van der Waals surface area contributed by atoms with Crippen LogP contribution in [0.25, 0.3) is 0 Å². The number of hydrogen-bond acceptors (Lipinski definition) is 3. The molecule has 2 aromatic carbocycles. The van der Waals surface area contributed by atoms with Crippen LogP contribution in [0.1, 0.15) is 28.8 Å². The van der Waals surface area contributed by atoms with E-state index in [1.165, 1.54) is 18.2 Å². The SMILES string of the molecule is Cc1cccc(NS(=O)(=O)c2ccc(Cl)c(C(=O)NC3CC3)c2)c1. The molecule has 1 amide bonds. The molecule has 24 heavy (non-hydrogen) atoms. The van der Waals surface area contributed by atoms with Crippen molar-refractivity contribution < 1.29 is 13.2 Å². The third kappa shape index (κ3) is 3.88. The largest absolute Gasteiger partial charge is 0.349 e. The van der Waals surface area contributed by atoms with Crippen molar-refractivity contribution in [2.24, 2.45) is 0 Å². The molecule has 1 saturated carbocycles.